The summed E-state index contributed by atoms with van der Waals surface area (Å²) in [5, 5.41) is 0. The maximum Gasteiger partial charge on any atom is 0.0490 e. The Bertz CT molecular complexity index is 148. The van der Waals surface area contributed by atoms with Crippen LogP contribution in [0.25, 0.3) is 0 Å². The number of rotatable bonds is 0. The van der Waals surface area contributed by atoms with E-state index in [0.29, 0.717) is 11.8 Å². The summed E-state index contributed by atoms with van der Waals surface area (Å²) in [6, 6.07) is 0.0859. The van der Waals surface area contributed by atoms with E-state index < -0.39 is 0 Å². The molecule has 11 heavy (non-hydrogen) atoms. The maximum atomic E-state index is 9.83. The number of hydrogen-bond acceptors (Lipinski definition) is 0. The Balaban J connectivity index is 1.91. The summed E-state index contributed by atoms with van der Waals surface area (Å²) >= 11 is 0. The molecule has 0 heterocycles. The second-order valence-electron chi connectivity index (χ2n) is 4.92. The van der Waals surface area contributed by atoms with Crippen LogP contribution in [0, 0.1) is 23.7 Å². The lowest BCUT2D eigenvalue weighted by molar-refractivity contribution is -0.00229. The lowest BCUT2D eigenvalue weighted by atomic mass is 9.54. The molecule has 4 rings (SSSR count). The van der Waals surface area contributed by atoms with Crippen LogP contribution in [-0.2, 0) is 0 Å². The molecule has 1 heteroatoms. The van der Waals surface area contributed by atoms with E-state index in [4.69, 9.17) is 0 Å². The van der Waals surface area contributed by atoms with E-state index in [9.17, 15) is 5.73 Å². The minimum Gasteiger partial charge on any atom is -0.141 e. The van der Waals surface area contributed by atoms with Gasteiger partial charge in [0.1, 0.15) is 0 Å². The van der Waals surface area contributed by atoms with E-state index in [2.05, 4.69) is 0 Å². The zero-order valence-corrected chi connectivity index (χ0v) is 6.87. The van der Waals surface area contributed by atoms with Crippen molar-refractivity contribution in [2.75, 3.05) is 0 Å². The first-order valence-electron chi connectivity index (χ1n) is 5.01. The van der Waals surface area contributed by atoms with Crippen LogP contribution in [0.2, 0.25) is 0 Å². The third-order valence-corrected chi connectivity index (χ3v) is 4.18. The Morgan fingerprint density at radius 1 is 0.727 bits per heavy atom. The maximum absolute atomic E-state index is 9.83. The molecular formula is C10H15N. The summed E-state index contributed by atoms with van der Waals surface area (Å²) < 4.78 is 0. The zero-order chi connectivity index (χ0) is 7.42. The van der Waals surface area contributed by atoms with Crippen molar-refractivity contribution >= 4 is 0 Å². The quantitative estimate of drug-likeness (QED) is 0.502. The lowest BCUT2D eigenvalue weighted by Gasteiger charge is -2.52. The normalized spacial score (nSPS) is 60.3. The van der Waals surface area contributed by atoms with E-state index in [1.165, 1.54) is 32.1 Å². The second-order valence-corrected chi connectivity index (χ2v) is 4.92. The van der Waals surface area contributed by atoms with Crippen molar-refractivity contribution < 1.29 is 0 Å². The monoisotopic (exact) mass is 149 g/mol. The Hall–Kier alpha value is -0.0400. The van der Waals surface area contributed by atoms with Crippen molar-refractivity contribution in [2.24, 2.45) is 23.7 Å². The van der Waals surface area contributed by atoms with E-state index in [1.807, 2.05) is 0 Å². The highest BCUT2D eigenvalue weighted by Gasteiger charge is 2.47. The number of hydrogen-bond donors (Lipinski definition) is 0. The summed E-state index contributed by atoms with van der Waals surface area (Å²) in [7, 11) is 0. The summed E-state index contributed by atoms with van der Waals surface area (Å²) in [5.41, 5.74) is 9.83. The Morgan fingerprint density at radius 2 is 1.18 bits per heavy atom. The first-order chi connectivity index (χ1) is 5.33. The molecule has 0 unspecified atom stereocenters. The molecular weight excluding hydrogens is 134 g/mol. The molecule has 0 atom stereocenters. The van der Waals surface area contributed by atoms with E-state index >= 15 is 0 Å². The molecule has 4 aliphatic carbocycles. The fourth-order valence-corrected chi connectivity index (χ4v) is 3.90. The highest BCUT2D eigenvalue weighted by molar-refractivity contribution is 4.99. The van der Waals surface area contributed by atoms with Crippen LogP contribution < -0.4 is 5.73 Å². The molecule has 0 amide bonds. The van der Waals surface area contributed by atoms with Crippen LogP contribution in [0.1, 0.15) is 32.1 Å². The van der Waals surface area contributed by atoms with Gasteiger partial charge < -0.3 is 0 Å². The van der Waals surface area contributed by atoms with Crippen LogP contribution >= 0.6 is 0 Å². The van der Waals surface area contributed by atoms with Crippen LogP contribution in [-0.4, -0.2) is 6.04 Å². The Labute approximate surface area is 68.3 Å². The van der Waals surface area contributed by atoms with Crippen molar-refractivity contribution in [2.45, 2.75) is 38.1 Å². The largest absolute Gasteiger partial charge is 0.141 e. The van der Waals surface area contributed by atoms with Crippen molar-refractivity contribution in [3.8, 4) is 0 Å². The van der Waals surface area contributed by atoms with Crippen molar-refractivity contribution in [1.29, 1.82) is 0 Å². The van der Waals surface area contributed by atoms with Crippen molar-refractivity contribution in [1.82, 2.24) is 5.73 Å². The molecule has 1 nitrogen and oxygen atoms in total. The third kappa shape index (κ3) is 0.807. The first-order valence-corrected chi connectivity index (χ1v) is 5.01. The van der Waals surface area contributed by atoms with E-state index in [0.717, 1.165) is 11.8 Å². The molecule has 2 radical (unpaired) electrons. The first kappa shape index (κ1) is 6.47. The van der Waals surface area contributed by atoms with Gasteiger partial charge in [-0.2, -0.15) is 0 Å². The van der Waals surface area contributed by atoms with Crippen LogP contribution in [0.4, 0.5) is 0 Å². The lowest BCUT2D eigenvalue weighted by Crippen LogP contribution is -2.48. The highest BCUT2D eigenvalue weighted by Crippen LogP contribution is 2.53. The van der Waals surface area contributed by atoms with Crippen LogP contribution in [0.15, 0.2) is 0 Å². The highest BCUT2D eigenvalue weighted by atomic mass is 14.7. The summed E-state index contributed by atoms with van der Waals surface area (Å²) in [4.78, 5) is 0. The fraction of sp³-hybridized carbons (Fsp3) is 1.00. The zero-order valence-electron chi connectivity index (χ0n) is 6.87. The SMILES string of the molecule is [N]C1C2CC3CC(C2)CC1C3. The molecule has 4 aliphatic rings. The average Bonchev–Trinajstić information content (AvgIpc) is 1.98. The molecule has 0 aliphatic heterocycles. The van der Waals surface area contributed by atoms with Crippen molar-refractivity contribution in [3.63, 3.8) is 0 Å². The van der Waals surface area contributed by atoms with Gasteiger partial charge in [0.15, 0.2) is 0 Å². The van der Waals surface area contributed by atoms with Gasteiger partial charge in [-0.1, -0.05) is 0 Å². The molecule has 0 saturated heterocycles. The van der Waals surface area contributed by atoms with E-state index in [-0.39, 0.29) is 6.04 Å². The van der Waals surface area contributed by atoms with Gasteiger partial charge in [-0.3, -0.25) is 0 Å². The summed E-state index contributed by atoms with van der Waals surface area (Å²) in [5.74, 6) is 3.40. The standard InChI is InChI=1S/C10H15N/c11-10-8-2-6-1-7(4-8)5-9(10)3-6/h6-10H,1-5H2. The summed E-state index contributed by atoms with van der Waals surface area (Å²) in [6.07, 6.45) is 6.85. The number of nitrogens with zero attached hydrogens (tertiary/aromatic N) is 1. The Kier molecular flexibility index (Phi) is 1.18. The molecule has 4 fully saturated rings. The smallest absolute Gasteiger partial charge is 0.0490 e. The summed E-state index contributed by atoms with van der Waals surface area (Å²) in [6.45, 7) is 0. The predicted molar refractivity (Wildman–Crippen MR) is 43.0 cm³/mol. The minimum atomic E-state index is 0.0859. The third-order valence-electron chi connectivity index (χ3n) is 4.18. The van der Waals surface area contributed by atoms with Gasteiger partial charge >= 0.3 is 0 Å². The second kappa shape index (κ2) is 2.01. The van der Waals surface area contributed by atoms with Gasteiger partial charge in [-0.25, -0.2) is 0 Å². The van der Waals surface area contributed by atoms with Crippen LogP contribution in [0.3, 0.4) is 0 Å². The van der Waals surface area contributed by atoms with Gasteiger partial charge in [-0.05, 0) is 55.8 Å². The van der Waals surface area contributed by atoms with Crippen molar-refractivity contribution in [3.05, 3.63) is 0 Å². The molecule has 0 aromatic heterocycles. The van der Waals surface area contributed by atoms with Gasteiger partial charge in [0.25, 0.3) is 0 Å². The van der Waals surface area contributed by atoms with Gasteiger partial charge in [0, 0.05) is 6.04 Å². The van der Waals surface area contributed by atoms with Gasteiger partial charge in [0.2, 0.25) is 0 Å². The topological polar surface area (TPSA) is 22.3 Å². The molecule has 4 bridgehead atoms. The van der Waals surface area contributed by atoms with E-state index in [1.54, 1.807) is 0 Å². The minimum absolute atomic E-state index is 0.0859. The molecule has 0 aromatic carbocycles. The average molecular weight is 149 g/mol. The molecule has 0 aromatic rings. The molecule has 4 saturated carbocycles. The molecule has 0 N–H and O–H groups in total. The van der Waals surface area contributed by atoms with Gasteiger partial charge in [0.05, 0.1) is 0 Å². The van der Waals surface area contributed by atoms with Crippen LogP contribution in [0.5, 0.6) is 0 Å². The fourth-order valence-electron chi connectivity index (χ4n) is 3.90. The van der Waals surface area contributed by atoms with Gasteiger partial charge in [-0.15, -0.1) is 5.73 Å². The molecule has 0 spiro atoms. The Morgan fingerprint density at radius 3 is 1.64 bits per heavy atom. The predicted octanol–water partition coefficient (Wildman–Crippen LogP) is 1.88. The molecule has 60 valence electrons.